The second-order valence-electron chi connectivity index (χ2n) is 5.74. The van der Waals surface area contributed by atoms with Crippen LogP contribution in [0.1, 0.15) is 11.1 Å². The van der Waals surface area contributed by atoms with Gasteiger partial charge in [-0.1, -0.05) is 36.4 Å². The van der Waals surface area contributed by atoms with Gasteiger partial charge in [-0.2, -0.15) is 0 Å². The molecule has 0 unspecified atom stereocenters. The van der Waals surface area contributed by atoms with Gasteiger partial charge in [0.05, 0.1) is 12.8 Å². The highest BCUT2D eigenvalue weighted by atomic mass is 32.1. The maximum Gasteiger partial charge on any atom is 0.256 e. The molecule has 116 valence electrons. The van der Waals surface area contributed by atoms with Crippen molar-refractivity contribution in [3.8, 4) is 5.75 Å². The van der Waals surface area contributed by atoms with Crippen molar-refractivity contribution in [2.24, 2.45) is 0 Å². The summed E-state index contributed by atoms with van der Waals surface area (Å²) in [4.78, 5) is 16.6. The predicted octanol–water partition coefficient (Wildman–Crippen LogP) is 2.75. The van der Waals surface area contributed by atoms with Crippen LogP contribution in [-0.4, -0.2) is 29.1 Å². The maximum atomic E-state index is 13.0. The summed E-state index contributed by atoms with van der Waals surface area (Å²) >= 11 is 5.61. The van der Waals surface area contributed by atoms with E-state index in [-0.39, 0.29) is 11.9 Å². The number of hydrogen-bond donors (Lipinski definition) is 0. The van der Waals surface area contributed by atoms with Crippen molar-refractivity contribution >= 4 is 28.9 Å². The van der Waals surface area contributed by atoms with E-state index >= 15 is 0 Å². The fourth-order valence-corrected chi connectivity index (χ4v) is 3.73. The number of carbonyl (C=O) groups is 1. The van der Waals surface area contributed by atoms with Crippen molar-refractivity contribution in [1.82, 2.24) is 4.90 Å². The van der Waals surface area contributed by atoms with E-state index in [1.807, 2.05) is 41.3 Å². The highest BCUT2D eigenvalue weighted by Crippen LogP contribution is 2.36. The summed E-state index contributed by atoms with van der Waals surface area (Å²) in [6.07, 6.45) is 0.695. The maximum absolute atomic E-state index is 13.0. The lowest BCUT2D eigenvalue weighted by Gasteiger charge is -2.30. The van der Waals surface area contributed by atoms with Crippen molar-refractivity contribution in [3.63, 3.8) is 0 Å². The van der Waals surface area contributed by atoms with Crippen LogP contribution in [-0.2, 0) is 17.8 Å². The normalized spacial score (nSPS) is 19.6. The number of ether oxygens (including phenoxy) is 1. The molecule has 2 aromatic carbocycles. The van der Waals surface area contributed by atoms with Crippen molar-refractivity contribution in [1.29, 1.82) is 0 Å². The summed E-state index contributed by atoms with van der Waals surface area (Å²) in [5, 5.41) is 0.555. The van der Waals surface area contributed by atoms with E-state index in [1.54, 1.807) is 12.0 Å². The third-order valence-corrected chi connectivity index (χ3v) is 4.93. The molecule has 2 aromatic rings. The monoisotopic (exact) mass is 324 g/mol. The molecule has 4 rings (SSSR count). The lowest BCUT2D eigenvalue weighted by atomic mass is 9.95. The molecular formula is C18H16N2O2S. The van der Waals surface area contributed by atoms with Crippen LogP contribution >= 0.6 is 12.2 Å². The van der Waals surface area contributed by atoms with Gasteiger partial charge in [0.25, 0.3) is 5.91 Å². The van der Waals surface area contributed by atoms with Gasteiger partial charge >= 0.3 is 0 Å². The average molecular weight is 324 g/mol. The molecule has 5 heteroatoms. The van der Waals surface area contributed by atoms with Crippen LogP contribution in [0.2, 0.25) is 0 Å². The van der Waals surface area contributed by atoms with Gasteiger partial charge < -0.3 is 9.64 Å². The van der Waals surface area contributed by atoms with E-state index in [0.29, 0.717) is 29.5 Å². The summed E-state index contributed by atoms with van der Waals surface area (Å²) in [5.74, 6) is 0.676. The van der Waals surface area contributed by atoms with Crippen LogP contribution in [0.25, 0.3) is 0 Å². The number of rotatable bonds is 2. The number of thiocarbonyl (C=S) groups is 1. The topological polar surface area (TPSA) is 32.8 Å². The largest absolute Gasteiger partial charge is 0.495 e. The van der Waals surface area contributed by atoms with E-state index in [9.17, 15) is 4.79 Å². The van der Waals surface area contributed by atoms with Crippen molar-refractivity contribution in [2.75, 3.05) is 12.0 Å². The van der Waals surface area contributed by atoms with Gasteiger partial charge in [-0.15, -0.1) is 0 Å². The van der Waals surface area contributed by atoms with Crippen LogP contribution < -0.4 is 9.64 Å². The van der Waals surface area contributed by atoms with E-state index in [1.165, 1.54) is 11.1 Å². The zero-order valence-corrected chi connectivity index (χ0v) is 13.5. The zero-order chi connectivity index (χ0) is 16.0. The number of anilines is 1. The first-order valence-electron chi connectivity index (χ1n) is 7.55. The van der Waals surface area contributed by atoms with Crippen LogP contribution in [0.4, 0.5) is 5.69 Å². The van der Waals surface area contributed by atoms with E-state index in [4.69, 9.17) is 17.0 Å². The van der Waals surface area contributed by atoms with E-state index in [0.717, 1.165) is 0 Å². The predicted molar refractivity (Wildman–Crippen MR) is 92.6 cm³/mol. The standard InChI is InChI=1S/C18H16N2O2S/c1-22-16-9-5-4-8-14(16)20-17(21)15-10-12-6-2-3-7-13(12)11-19(15)18(20)23/h2-9,15H,10-11H2,1H3/t15-/m0/s1. The van der Waals surface area contributed by atoms with Crippen LogP contribution in [0.15, 0.2) is 48.5 Å². The SMILES string of the molecule is COc1ccccc1N1C(=O)[C@@H]2Cc3ccccc3CN2C1=S. The first kappa shape index (κ1) is 14.2. The Hall–Kier alpha value is -2.40. The smallest absolute Gasteiger partial charge is 0.256 e. The molecule has 1 fully saturated rings. The summed E-state index contributed by atoms with van der Waals surface area (Å²) in [6, 6.07) is 15.5. The Balaban J connectivity index is 1.74. The molecular weight excluding hydrogens is 308 g/mol. The second-order valence-corrected chi connectivity index (χ2v) is 6.11. The number of fused-ring (bicyclic) bond motifs is 2. The van der Waals surface area contributed by atoms with Gasteiger partial charge in [0.1, 0.15) is 11.8 Å². The van der Waals surface area contributed by atoms with Crippen LogP contribution in [0, 0.1) is 0 Å². The molecule has 2 aliphatic rings. The number of amides is 1. The molecule has 0 bridgehead atoms. The third kappa shape index (κ3) is 2.11. The highest BCUT2D eigenvalue weighted by molar-refractivity contribution is 7.80. The molecule has 4 nitrogen and oxygen atoms in total. The lowest BCUT2D eigenvalue weighted by molar-refractivity contribution is -0.120. The number of carbonyl (C=O) groups excluding carboxylic acids is 1. The average Bonchev–Trinajstić information content (AvgIpc) is 2.83. The first-order chi connectivity index (χ1) is 11.2. The minimum absolute atomic E-state index is 0.0222. The Kier molecular flexibility index (Phi) is 3.31. The van der Waals surface area contributed by atoms with Gasteiger partial charge in [-0.05, 0) is 35.5 Å². The Morgan fingerprint density at radius 2 is 1.78 bits per heavy atom. The van der Waals surface area contributed by atoms with Gasteiger partial charge in [0.2, 0.25) is 0 Å². The zero-order valence-electron chi connectivity index (χ0n) is 12.7. The first-order valence-corrected chi connectivity index (χ1v) is 7.96. The van der Waals surface area contributed by atoms with Gasteiger partial charge in [0.15, 0.2) is 5.11 Å². The fourth-order valence-electron chi connectivity index (χ4n) is 3.35. The van der Waals surface area contributed by atoms with Gasteiger partial charge in [-0.3, -0.25) is 9.69 Å². The van der Waals surface area contributed by atoms with Crippen molar-refractivity contribution < 1.29 is 9.53 Å². The number of benzene rings is 2. The molecule has 2 heterocycles. The Bertz CT molecular complexity index is 762. The number of para-hydroxylation sites is 2. The molecule has 2 aliphatic heterocycles. The van der Waals surface area contributed by atoms with Crippen molar-refractivity contribution in [3.05, 3.63) is 59.7 Å². The van der Waals surface area contributed by atoms with Gasteiger partial charge in [-0.25, -0.2) is 0 Å². The molecule has 1 saturated heterocycles. The number of nitrogens with zero attached hydrogens (tertiary/aromatic N) is 2. The molecule has 1 amide bonds. The van der Waals surface area contributed by atoms with Crippen molar-refractivity contribution in [2.45, 2.75) is 19.0 Å². The molecule has 0 spiro atoms. The Morgan fingerprint density at radius 1 is 1.09 bits per heavy atom. The molecule has 23 heavy (non-hydrogen) atoms. The molecule has 0 radical (unpaired) electrons. The van der Waals surface area contributed by atoms with E-state index < -0.39 is 0 Å². The minimum Gasteiger partial charge on any atom is -0.495 e. The summed E-state index contributed by atoms with van der Waals surface area (Å²) < 4.78 is 5.40. The number of hydrogen-bond acceptors (Lipinski definition) is 3. The number of methoxy groups -OCH3 is 1. The van der Waals surface area contributed by atoms with Crippen LogP contribution in [0.5, 0.6) is 5.75 Å². The highest BCUT2D eigenvalue weighted by Gasteiger charge is 2.46. The Labute approximate surface area is 140 Å². The minimum atomic E-state index is -0.220. The molecule has 1 atom stereocenters. The fraction of sp³-hybridized carbons (Fsp3) is 0.222. The molecule has 0 aromatic heterocycles. The summed E-state index contributed by atoms with van der Waals surface area (Å²) in [7, 11) is 1.60. The molecule has 0 aliphatic carbocycles. The lowest BCUT2D eigenvalue weighted by Crippen LogP contribution is -2.39. The second kappa shape index (κ2) is 5.35. The summed E-state index contributed by atoms with van der Waals surface area (Å²) in [6.45, 7) is 0.678. The molecule has 0 saturated carbocycles. The quantitative estimate of drug-likeness (QED) is 0.795. The van der Waals surface area contributed by atoms with Crippen LogP contribution in [0.3, 0.4) is 0 Å². The summed E-state index contributed by atoms with van der Waals surface area (Å²) in [5.41, 5.74) is 3.18. The van der Waals surface area contributed by atoms with Gasteiger partial charge in [0, 0.05) is 13.0 Å². The van der Waals surface area contributed by atoms with E-state index in [2.05, 4.69) is 12.1 Å². The third-order valence-electron chi connectivity index (χ3n) is 4.52. The Morgan fingerprint density at radius 3 is 2.57 bits per heavy atom. The molecule has 0 N–H and O–H groups in total.